The summed E-state index contributed by atoms with van der Waals surface area (Å²) >= 11 is 0. The maximum Gasteiger partial charge on any atom is 0.241 e. The van der Waals surface area contributed by atoms with Crippen LogP contribution < -0.4 is 0 Å². The van der Waals surface area contributed by atoms with Crippen LogP contribution in [0.2, 0.25) is 0 Å². The van der Waals surface area contributed by atoms with Gasteiger partial charge in [0.2, 0.25) is 5.91 Å². The summed E-state index contributed by atoms with van der Waals surface area (Å²) in [5, 5.41) is 0. The molecule has 0 bridgehead atoms. The highest BCUT2D eigenvalue weighted by atomic mass is 16.2. The zero-order valence-electron chi connectivity index (χ0n) is 14.4. The number of Topliss-reactive ketones (excluding diaryl/α,β-unsaturated/α-hetero) is 1. The highest BCUT2D eigenvalue weighted by Crippen LogP contribution is 2.35. The molecule has 2 aliphatic rings. The van der Waals surface area contributed by atoms with Crippen LogP contribution in [-0.4, -0.2) is 51.7 Å². The number of piperidine rings is 1. The summed E-state index contributed by atoms with van der Waals surface area (Å²) in [6, 6.07) is -0.270. The molecule has 4 heteroatoms. The van der Waals surface area contributed by atoms with Crippen LogP contribution in [0.15, 0.2) is 0 Å². The van der Waals surface area contributed by atoms with Crippen LogP contribution in [-0.2, 0) is 9.59 Å². The standard InChI is InChI=1S/C17H30N2O2/c1-16(2,3)18-11-9-13(20)12-8-7-10-19(17(4,5)6)15(21)14(12)18/h12,14H,7-11H2,1-6H3. The zero-order valence-corrected chi connectivity index (χ0v) is 14.4. The van der Waals surface area contributed by atoms with E-state index in [-0.39, 0.29) is 34.7 Å². The minimum absolute atomic E-state index is 0.0901. The first kappa shape index (κ1) is 16.5. The van der Waals surface area contributed by atoms with E-state index in [0.29, 0.717) is 13.0 Å². The van der Waals surface area contributed by atoms with Crippen LogP contribution >= 0.6 is 0 Å². The number of nitrogens with zero attached hydrogens (tertiary/aromatic N) is 2. The quantitative estimate of drug-likeness (QED) is 0.689. The van der Waals surface area contributed by atoms with Crippen molar-refractivity contribution in [1.82, 2.24) is 9.80 Å². The van der Waals surface area contributed by atoms with Crippen molar-refractivity contribution in [1.29, 1.82) is 0 Å². The predicted molar refractivity (Wildman–Crippen MR) is 84.1 cm³/mol. The third-order valence-corrected chi connectivity index (χ3v) is 4.82. The van der Waals surface area contributed by atoms with Crippen molar-refractivity contribution in [2.75, 3.05) is 13.1 Å². The normalized spacial score (nSPS) is 29.3. The van der Waals surface area contributed by atoms with Gasteiger partial charge in [0.25, 0.3) is 0 Å². The van der Waals surface area contributed by atoms with E-state index in [2.05, 4.69) is 46.4 Å². The van der Waals surface area contributed by atoms with E-state index < -0.39 is 0 Å². The summed E-state index contributed by atoms with van der Waals surface area (Å²) in [5.74, 6) is 0.315. The number of fused-ring (bicyclic) bond motifs is 1. The number of carbonyl (C=O) groups is 2. The van der Waals surface area contributed by atoms with Gasteiger partial charge in [-0.15, -0.1) is 0 Å². The second-order valence-electron chi connectivity index (χ2n) is 8.43. The first-order valence-electron chi connectivity index (χ1n) is 8.14. The van der Waals surface area contributed by atoms with Gasteiger partial charge in [0.15, 0.2) is 0 Å². The summed E-state index contributed by atoms with van der Waals surface area (Å²) in [7, 11) is 0. The van der Waals surface area contributed by atoms with Crippen molar-refractivity contribution in [2.24, 2.45) is 5.92 Å². The van der Waals surface area contributed by atoms with Gasteiger partial charge in [-0.2, -0.15) is 0 Å². The van der Waals surface area contributed by atoms with Gasteiger partial charge in [-0.05, 0) is 54.4 Å². The Balaban J connectivity index is 2.40. The molecule has 0 aliphatic carbocycles. The number of ketones is 1. The third-order valence-electron chi connectivity index (χ3n) is 4.82. The second-order valence-corrected chi connectivity index (χ2v) is 8.43. The molecule has 120 valence electrons. The molecule has 2 fully saturated rings. The Labute approximate surface area is 128 Å². The van der Waals surface area contributed by atoms with Crippen LogP contribution in [0.25, 0.3) is 0 Å². The van der Waals surface area contributed by atoms with Crippen LogP contribution in [0.1, 0.15) is 60.8 Å². The first-order valence-corrected chi connectivity index (χ1v) is 8.14. The van der Waals surface area contributed by atoms with E-state index >= 15 is 0 Å². The van der Waals surface area contributed by atoms with E-state index in [4.69, 9.17) is 0 Å². The van der Waals surface area contributed by atoms with Gasteiger partial charge in [-0.1, -0.05) is 0 Å². The lowest BCUT2D eigenvalue weighted by Crippen LogP contribution is -2.63. The molecule has 1 amide bonds. The highest BCUT2D eigenvalue weighted by Gasteiger charge is 2.48. The Kier molecular flexibility index (Phi) is 4.22. The van der Waals surface area contributed by atoms with Gasteiger partial charge in [-0.25, -0.2) is 0 Å². The molecule has 0 radical (unpaired) electrons. The molecule has 2 aliphatic heterocycles. The Hall–Kier alpha value is -0.900. The van der Waals surface area contributed by atoms with Gasteiger partial charge >= 0.3 is 0 Å². The molecule has 2 unspecified atom stereocenters. The van der Waals surface area contributed by atoms with E-state index in [1.165, 1.54) is 0 Å². The lowest BCUT2D eigenvalue weighted by Gasteiger charge is -2.48. The minimum Gasteiger partial charge on any atom is -0.336 e. The fourth-order valence-corrected chi connectivity index (χ4v) is 3.73. The van der Waals surface area contributed by atoms with Crippen LogP contribution in [0.5, 0.6) is 0 Å². The molecule has 0 aromatic carbocycles. The summed E-state index contributed by atoms with van der Waals surface area (Å²) in [4.78, 5) is 29.8. The summed E-state index contributed by atoms with van der Waals surface area (Å²) in [5.41, 5.74) is -0.275. The molecule has 2 heterocycles. The van der Waals surface area contributed by atoms with Crippen LogP contribution in [0, 0.1) is 5.92 Å². The van der Waals surface area contributed by atoms with Gasteiger partial charge in [0, 0.05) is 36.5 Å². The maximum atomic E-state index is 13.2. The molecule has 2 saturated heterocycles. The molecule has 2 atom stereocenters. The molecule has 0 N–H and O–H groups in total. The molecular formula is C17H30N2O2. The van der Waals surface area contributed by atoms with Gasteiger partial charge in [0.05, 0.1) is 6.04 Å². The fourth-order valence-electron chi connectivity index (χ4n) is 3.73. The molecule has 0 aromatic heterocycles. The average molecular weight is 294 g/mol. The number of carbonyl (C=O) groups excluding carboxylic acids is 2. The SMILES string of the molecule is CC(C)(C)N1CCCC2C(=O)CCN(C(C)(C)C)C2C1=O. The Morgan fingerprint density at radius 1 is 0.952 bits per heavy atom. The number of hydrogen-bond acceptors (Lipinski definition) is 3. The van der Waals surface area contributed by atoms with Gasteiger partial charge < -0.3 is 4.90 Å². The lowest BCUT2D eigenvalue weighted by molar-refractivity contribution is -0.152. The van der Waals surface area contributed by atoms with E-state index in [1.54, 1.807) is 0 Å². The molecule has 0 saturated carbocycles. The molecule has 0 spiro atoms. The molecule has 21 heavy (non-hydrogen) atoms. The maximum absolute atomic E-state index is 13.2. The molecular weight excluding hydrogens is 264 g/mol. The summed E-state index contributed by atoms with van der Waals surface area (Å²) in [6.07, 6.45) is 2.35. The minimum atomic E-state index is -0.270. The van der Waals surface area contributed by atoms with Crippen LogP contribution in [0.4, 0.5) is 0 Å². The van der Waals surface area contributed by atoms with Crippen molar-refractivity contribution in [3.8, 4) is 0 Å². The van der Waals surface area contributed by atoms with Crippen molar-refractivity contribution >= 4 is 11.7 Å². The average Bonchev–Trinajstić information content (AvgIpc) is 2.48. The van der Waals surface area contributed by atoms with E-state index in [9.17, 15) is 9.59 Å². The van der Waals surface area contributed by atoms with Crippen molar-refractivity contribution in [2.45, 2.75) is 77.9 Å². The second kappa shape index (κ2) is 5.38. The first-order chi connectivity index (χ1) is 9.53. The highest BCUT2D eigenvalue weighted by molar-refractivity contribution is 5.93. The molecule has 2 rings (SSSR count). The number of rotatable bonds is 0. The van der Waals surface area contributed by atoms with Gasteiger partial charge in [0.1, 0.15) is 5.78 Å². The smallest absolute Gasteiger partial charge is 0.241 e. The van der Waals surface area contributed by atoms with E-state index in [1.807, 2.05) is 4.90 Å². The number of hydrogen-bond donors (Lipinski definition) is 0. The molecule has 4 nitrogen and oxygen atoms in total. The van der Waals surface area contributed by atoms with E-state index in [0.717, 1.165) is 19.4 Å². The largest absolute Gasteiger partial charge is 0.336 e. The van der Waals surface area contributed by atoms with Crippen molar-refractivity contribution < 1.29 is 9.59 Å². The Morgan fingerprint density at radius 2 is 1.57 bits per heavy atom. The number of amides is 1. The monoisotopic (exact) mass is 294 g/mol. The zero-order chi connectivity index (χ0) is 16.0. The predicted octanol–water partition coefficient (Wildman–Crippen LogP) is 2.47. The Morgan fingerprint density at radius 3 is 2.10 bits per heavy atom. The summed E-state index contributed by atoms with van der Waals surface area (Å²) in [6.45, 7) is 14.1. The summed E-state index contributed by atoms with van der Waals surface area (Å²) < 4.78 is 0. The molecule has 0 aromatic rings. The van der Waals surface area contributed by atoms with Gasteiger partial charge in [-0.3, -0.25) is 14.5 Å². The number of likely N-dealkylation sites (tertiary alicyclic amines) is 2. The van der Waals surface area contributed by atoms with Crippen molar-refractivity contribution in [3.05, 3.63) is 0 Å². The lowest BCUT2D eigenvalue weighted by atomic mass is 9.82. The van der Waals surface area contributed by atoms with Crippen LogP contribution in [0.3, 0.4) is 0 Å². The third kappa shape index (κ3) is 3.15. The topological polar surface area (TPSA) is 40.6 Å². The van der Waals surface area contributed by atoms with Crippen molar-refractivity contribution in [3.63, 3.8) is 0 Å². The fraction of sp³-hybridized carbons (Fsp3) is 0.882. The Bertz CT molecular complexity index is 431.